The van der Waals surface area contributed by atoms with E-state index in [4.69, 9.17) is 16.0 Å². The Labute approximate surface area is 188 Å². The van der Waals surface area contributed by atoms with E-state index in [-0.39, 0.29) is 15.9 Å². The number of nitrogens with one attached hydrogen (secondary N) is 1. The van der Waals surface area contributed by atoms with Crippen LogP contribution in [0.15, 0.2) is 45.5 Å². The lowest BCUT2D eigenvalue weighted by Crippen LogP contribution is -2.16. The molecular weight excluding hydrogens is 460 g/mol. The number of anilines is 1. The number of amides is 1. The summed E-state index contributed by atoms with van der Waals surface area (Å²) in [5, 5.41) is 11.3. The van der Waals surface area contributed by atoms with Gasteiger partial charge in [0.2, 0.25) is 15.0 Å². The Kier molecular flexibility index (Phi) is 6.59. The Balaban J connectivity index is 1.79. The van der Waals surface area contributed by atoms with E-state index in [1.807, 2.05) is 19.1 Å². The predicted molar refractivity (Wildman–Crippen MR) is 118 cm³/mol. The van der Waals surface area contributed by atoms with Crippen molar-refractivity contribution in [2.45, 2.75) is 31.2 Å². The minimum Gasteiger partial charge on any atom is -0.457 e. The fourth-order valence-electron chi connectivity index (χ4n) is 2.37. The van der Waals surface area contributed by atoms with Crippen molar-refractivity contribution in [1.82, 2.24) is 9.36 Å². The van der Waals surface area contributed by atoms with Crippen LogP contribution in [0, 0.1) is 18.3 Å². The van der Waals surface area contributed by atoms with Crippen LogP contribution in [0.2, 0.25) is 5.02 Å². The average Bonchev–Trinajstić information content (AvgIpc) is 3.38. The highest BCUT2D eigenvalue weighted by Gasteiger charge is 2.25. The van der Waals surface area contributed by atoms with Gasteiger partial charge in [-0.25, -0.2) is 8.42 Å². The first-order chi connectivity index (χ1) is 14.6. The molecule has 0 atom stereocenters. The Bertz CT molecular complexity index is 1320. The van der Waals surface area contributed by atoms with Gasteiger partial charge in [-0.1, -0.05) is 23.7 Å². The Morgan fingerprint density at radius 2 is 2.06 bits per heavy atom. The molecule has 0 aliphatic carbocycles. The van der Waals surface area contributed by atoms with Crippen LogP contribution in [0.3, 0.4) is 0 Å². The van der Waals surface area contributed by atoms with Crippen molar-refractivity contribution in [2.75, 3.05) is 5.32 Å². The van der Waals surface area contributed by atoms with Crippen LogP contribution in [0.25, 0.3) is 17.4 Å². The van der Waals surface area contributed by atoms with Crippen molar-refractivity contribution in [2.24, 2.45) is 0 Å². The Morgan fingerprint density at radius 1 is 1.32 bits per heavy atom. The summed E-state index contributed by atoms with van der Waals surface area (Å²) in [7, 11) is -3.66. The van der Waals surface area contributed by atoms with Gasteiger partial charge in [0, 0.05) is 28.2 Å². The molecular formula is C20H17ClN4O4S2. The molecule has 0 aliphatic heterocycles. The minimum absolute atomic E-state index is 0.0280. The molecule has 2 heterocycles. The van der Waals surface area contributed by atoms with Gasteiger partial charge in [-0.05, 0) is 44.5 Å². The van der Waals surface area contributed by atoms with Crippen LogP contribution in [-0.4, -0.2) is 28.9 Å². The minimum atomic E-state index is -3.66. The summed E-state index contributed by atoms with van der Waals surface area (Å²) < 4.78 is 33.7. The van der Waals surface area contributed by atoms with Crippen molar-refractivity contribution in [3.05, 3.63) is 52.3 Å². The maximum atomic E-state index is 12.4. The summed E-state index contributed by atoms with van der Waals surface area (Å²) in [6.07, 6.45) is 1.28. The van der Waals surface area contributed by atoms with E-state index < -0.39 is 21.0 Å². The summed E-state index contributed by atoms with van der Waals surface area (Å²) in [5.41, 5.74) is 1.44. The SMILES string of the molecule is Cc1ccc(-c2ccc(C=C(C#N)C(=O)Nc3nc(S(=O)(=O)C(C)C)ns3)o2)cc1Cl. The molecule has 1 N–H and O–H groups in total. The van der Waals surface area contributed by atoms with Gasteiger partial charge in [0.05, 0.1) is 5.25 Å². The van der Waals surface area contributed by atoms with Gasteiger partial charge in [-0.3, -0.25) is 10.1 Å². The largest absolute Gasteiger partial charge is 0.457 e. The quantitative estimate of drug-likeness (QED) is 0.410. The fraction of sp³-hybridized carbons (Fsp3) is 0.200. The first-order valence-corrected chi connectivity index (χ1v) is 11.7. The number of benzene rings is 1. The van der Waals surface area contributed by atoms with E-state index in [1.54, 1.807) is 24.3 Å². The van der Waals surface area contributed by atoms with E-state index >= 15 is 0 Å². The number of halogens is 1. The van der Waals surface area contributed by atoms with Crippen molar-refractivity contribution in [3.8, 4) is 17.4 Å². The zero-order chi connectivity index (χ0) is 22.8. The number of aryl methyl sites for hydroxylation is 1. The number of nitriles is 1. The summed E-state index contributed by atoms with van der Waals surface area (Å²) >= 11 is 6.86. The van der Waals surface area contributed by atoms with E-state index in [0.29, 0.717) is 28.1 Å². The summed E-state index contributed by atoms with van der Waals surface area (Å²) in [6, 6.07) is 10.6. The van der Waals surface area contributed by atoms with Gasteiger partial charge >= 0.3 is 0 Å². The fourth-order valence-corrected chi connectivity index (χ4v) is 4.25. The lowest BCUT2D eigenvalue weighted by molar-refractivity contribution is -0.112. The summed E-state index contributed by atoms with van der Waals surface area (Å²) in [6.45, 7) is 4.90. The van der Waals surface area contributed by atoms with E-state index in [9.17, 15) is 18.5 Å². The number of sulfone groups is 1. The third kappa shape index (κ3) is 5.02. The molecule has 0 radical (unpaired) electrons. The van der Waals surface area contributed by atoms with Crippen LogP contribution >= 0.6 is 23.1 Å². The molecule has 0 unspecified atom stereocenters. The van der Waals surface area contributed by atoms with Crippen LogP contribution in [-0.2, 0) is 14.6 Å². The van der Waals surface area contributed by atoms with Crippen LogP contribution in [0.1, 0.15) is 25.2 Å². The molecule has 3 aromatic rings. The number of carbonyl (C=O) groups excluding carboxylic acids is 1. The van der Waals surface area contributed by atoms with Crippen molar-refractivity contribution in [1.29, 1.82) is 5.26 Å². The van der Waals surface area contributed by atoms with E-state index in [0.717, 1.165) is 11.1 Å². The third-order valence-electron chi connectivity index (χ3n) is 4.24. The van der Waals surface area contributed by atoms with Gasteiger partial charge in [-0.2, -0.15) is 14.6 Å². The Morgan fingerprint density at radius 3 is 2.71 bits per heavy atom. The number of nitrogens with zero attached hydrogens (tertiary/aromatic N) is 3. The molecule has 3 rings (SSSR count). The molecule has 0 saturated heterocycles. The predicted octanol–water partition coefficient (Wildman–Crippen LogP) is 4.49. The van der Waals surface area contributed by atoms with Gasteiger partial charge in [0.1, 0.15) is 23.2 Å². The normalized spacial score (nSPS) is 12.1. The summed E-state index contributed by atoms with van der Waals surface area (Å²) in [4.78, 5) is 16.3. The number of hydrogen-bond acceptors (Lipinski definition) is 8. The van der Waals surface area contributed by atoms with Crippen molar-refractivity contribution < 1.29 is 17.6 Å². The van der Waals surface area contributed by atoms with Crippen LogP contribution in [0.4, 0.5) is 5.13 Å². The molecule has 2 aromatic heterocycles. The maximum Gasteiger partial charge on any atom is 0.268 e. The molecule has 8 nitrogen and oxygen atoms in total. The molecule has 1 aromatic carbocycles. The second kappa shape index (κ2) is 9.01. The Hall–Kier alpha value is -3.00. The highest BCUT2D eigenvalue weighted by atomic mass is 35.5. The molecule has 31 heavy (non-hydrogen) atoms. The molecule has 160 valence electrons. The second-order valence-electron chi connectivity index (χ2n) is 6.77. The zero-order valence-corrected chi connectivity index (χ0v) is 19.1. The third-order valence-corrected chi connectivity index (χ3v) is 7.32. The van der Waals surface area contributed by atoms with Gasteiger partial charge in [0.15, 0.2) is 0 Å². The number of hydrogen-bond donors (Lipinski definition) is 1. The van der Waals surface area contributed by atoms with Gasteiger partial charge < -0.3 is 4.42 Å². The molecule has 0 fully saturated rings. The van der Waals surface area contributed by atoms with Gasteiger partial charge in [-0.15, -0.1) is 0 Å². The second-order valence-corrected chi connectivity index (χ2v) is 10.3. The van der Waals surface area contributed by atoms with Crippen molar-refractivity contribution >= 4 is 50.1 Å². The first-order valence-electron chi connectivity index (χ1n) is 8.99. The topological polar surface area (TPSA) is 126 Å². The van der Waals surface area contributed by atoms with Crippen LogP contribution in [0.5, 0.6) is 0 Å². The standard InChI is InChI=1S/C20H17ClN4O4S2/c1-11(2)31(27,28)20-24-19(30-25-20)23-18(26)14(10-22)8-15-6-7-17(29-15)13-5-4-12(3)16(21)9-13/h4-9,11H,1-3H3,(H,23,24,25,26). The smallest absolute Gasteiger partial charge is 0.268 e. The molecule has 1 amide bonds. The summed E-state index contributed by atoms with van der Waals surface area (Å²) in [5.74, 6) is 0.0562. The molecule has 0 saturated carbocycles. The lowest BCUT2D eigenvalue weighted by atomic mass is 10.1. The van der Waals surface area contributed by atoms with Crippen molar-refractivity contribution in [3.63, 3.8) is 0 Å². The number of rotatable bonds is 6. The highest BCUT2D eigenvalue weighted by Crippen LogP contribution is 2.28. The lowest BCUT2D eigenvalue weighted by Gasteiger charge is -2.02. The van der Waals surface area contributed by atoms with Crippen LogP contribution < -0.4 is 5.32 Å². The maximum absolute atomic E-state index is 12.4. The van der Waals surface area contributed by atoms with E-state index in [1.165, 1.54) is 19.9 Å². The zero-order valence-electron chi connectivity index (χ0n) is 16.7. The van der Waals surface area contributed by atoms with Gasteiger partial charge in [0.25, 0.3) is 11.1 Å². The molecule has 0 aliphatic rings. The monoisotopic (exact) mass is 476 g/mol. The first kappa shape index (κ1) is 22.7. The number of aromatic nitrogens is 2. The average molecular weight is 477 g/mol. The molecule has 0 bridgehead atoms. The molecule has 0 spiro atoms. The number of carbonyl (C=O) groups is 1. The molecule has 11 heteroatoms. The number of furan rings is 1. The van der Waals surface area contributed by atoms with E-state index in [2.05, 4.69) is 14.7 Å². The highest BCUT2D eigenvalue weighted by molar-refractivity contribution is 7.91.